The molecule has 0 aliphatic rings. The summed E-state index contributed by atoms with van der Waals surface area (Å²) in [6.07, 6.45) is 1.62. The van der Waals surface area contributed by atoms with E-state index in [-0.39, 0.29) is 18.0 Å². The minimum absolute atomic E-state index is 0.0311. The fraction of sp³-hybridized carbons (Fsp3) is 0.174. The summed E-state index contributed by atoms with van der Waals surface area (Å²) in [4.78, 5) is 30.2. The molecule has 0 fully saturated rings. The minimum Gasteiger partial charge on any atom is -0.324 e. The molecular weight excluding hydrogens is 364 g/mol. The Morgan fingerprint density at radius 1 is 0.966 bits per heavy atom. The van der Waals surface area contributed by atoms with E-state index in [1.165, 1.54) is 4.68 Å². The molecule has 6 heteroatoms. The molecule has 4 aromatic rings. The number of pyridine rings is 1. The van der Waals surface area contributed by atoms with E-state index in [1.807, 2.05) is 63.2 Å². The van der Waals surface area contributed by atoms with Crippen molar-refractivity contribution in [1.29, 1.82) is 0 Å². The fourth-order valence-corrected chi connectivity index (χ4v) is 3.56. The van der Waals surface area contributed by atoms with Gasteiger partial charge in [-0.15, -0.1) is 0 Å². The van der Waals surface area contributed by atoms with Crippen molar-refractivity contribution in [1.82, 2.24) is 14.3 Å². The van der Waals surface area contributed by atoms with Gasteiger partial charge >= 0.3 is 0 Å². The van der Waals surface area contributed by atoms with Gasteiger partial charge in [0.1, 0.15) is 6.54 Å². The molecule has 0 saturated heterocycles. The number of fused-ring (bicyclic) bond motifs is 1. The highest BCUT2D eigenvalue weighted by atomic mass is 16.2. The van der Waals surface area contributed by atoms with E-state index in [1.54, 1.807) is 23.0 Å². The van der Waals surface area contributed by atoms with E-state index in [2.05, 4.69) is 10.3 Å². The number of hydrogen-bond donors (Lipinski definition) is 1. The standard InChI is InChI=1S/C23H22N4O2/c1-15-6-8-19(9-7-15)27-23(29)20-5-4-10-24-22(20)26(27)14-21(28)25-18-12-16(2)11-17(3)13-18/h4-13H,14H2,1-3H3,(H,25,28). The SMILES string of the molecule is Cc1ccc(-n2c(=O)c3cccnc3n2CC(=O)Nc2cc(C)cc(C)c2)cc1. The van der Waals surface area contributed by atoms with Gasteiger partial charge in [0, 0.05) is 11.9 Å². The minimum atomic E-state index is -0.224. The summed E-state index contributed by atoms with van der Waals surface area (Å²) in [6, 6.07) is 17.0. The Balaban J connectivity index is 1.76. The van der Waals surface area contributed by atoms with Crippen LogP contribution >= 0.6 is 0 Å². The Hall–Kier alpha value is -3.67. The first-order valence-corrected chi connectivity index (χ1v) is 9.44. The van der Waals surface area contributed by atoms with Crippen molar-refractivity contribution in [2.75, 3.05) is 5.32 Å². The zero-order valence-corrected chi connectivity index (χ0v) is 16.6. The molecule has 0 spiro atoms. The number of anilines is 1. The number of nitrogens with zero attached hydrogens (tertiary/aromatic N) is 3. The molecule has 1 N–H and O–H groups in total. The number of carbonyl (C=O) groups is 1. The molecule has 0 bridgehead atoms. The number of aryl methyl sites for hydroxylation is 3. The van der Waals surface area contributed by atoms with Crippen LogP contribution in [0.4, 0.5) is 5.69 Å². The largest absolute Gasteiger partial charge is 0.324 e. The van der Waals surface area contributed by atoms with Crippen molar-refractivity contribution in [2.24, 2.45) is 0 Å². The van der Waals surface area contributed by atoms with Gasteiger partial charge in [-0.25, -0.2) is 9.67 Å². The Morgan fingerprint density at radius 2 is 1.66 bits per heavy atom. The second-order valence-electron chi connectivity index (χ2n) is 7.31. The molecule has 146 valence electrons. The van der Waals surface area contributed by atoms with Crippen molar-refractivity contribution in [3.8, 4) is 5.69 Å². The quantitative estimate of drug-likeness (QED) is 0.581. The second kappa shape index (κ2) is 7.39. The normalized spacial score (nSPS) is 11.0. The van der Waals surface area contributed by atoms with Crippen LogP contribution in [0.2, 0.25) is 0 Å². The van der Waals surface area contributed by atoms with Gasteiger partial charge in [0.15, 0.2) is 5.65 Å². The summed E-state index contributed by atoms with van der Waals surface area (Å²) in [5.74, 6) is -0.224. The van der Waals surface area contributed by atoms with E-state index in [9.17, 15) is 9.59 Å². The molecule has 0 aliphatic heterocycles. The van der Waals surface area contributed by atoms with Crippen LogP contribution in [0.3, 0.4) is 0 Å². The Morgan fingerprint density at radius 3 is 2.34 bits per heavy atom. The van der Waals surface area contributed by atoms with E-state index in [0.29, 0.717) is 16.7 Å². The fourth-order valence-electron chi connectivity index (χ4n) is 3.56. The average Bonchev–Trinajstić information content (AvgIpc) is 2.94. The maximum Gasteiger partial charge on any atom is 0.280 e. The van der Waals surface area contributed by atoms with Gasteiger partial charge < -0.3 is 5.32 Å². The summed E-state index contributed by atoms with van der Waals surface area (Å²) in [7, 11) is 0. The summed E-state index contributed by atoms with van der Waals surface area (Å²) in [5.41, 5.74) is 4.95. The number of benzene rings is 2. The molecule has 0 saturated carbocycles. The van der Waals surface area contributed by atoms with E-state index < -0.39 is 0 Å². The zero-order valence-electron chi connectivity index (χ0n) is 16.6. The Kier molecular flexibility index (Phi) is 4.76. The molecule has 29 heavy (non-hydrogen) atoms. The molecule has 0 atom stereocenters. The zero-order chi connectivity index (χ0) is 20.5. The monoisotopic (exact) mass is 386 g/mol. The van der Waals surface area contributed by atoms with Crippen LogP contribution in [0.15, 0.2) is 65.6 Å². The first-order valence-electron chi connectivity index (χ1n) is 9.44. The molecule has 4 rings (SSSR count). The van der Waals surface area contributed by atoms with Crippen LogP contribution in [-0.2, 0) is 11.3 Å². The highest BCUT2D eigenvalue weighted by Crippen LogP contribution is 2.16. The third kappa shape index (κ3) is 3.69. The third-order valence-corrected chi connectivity index (χ3v) is 4.77. The molecule has 2 aromatic carbocycles. The predicted molar refractivity (Wildman–Crippen MR) is 115 cm³/mol. The highest BCUT2D eigenvalue weighted by molar-refractivity contribution is 5.91. The molecule has 0 radical (unpaired) electrons. The van der Waals surface area contributed by atoms with Gasteiger partial charge in [-0.05, 0) is 68.3 Å². The number of carbonyl (C=O) groups excluding carboxylic acids is 1. The van der Waals surface area contributed by atoms with Crippen molar-refractivity contribution in [2.45, 2.75) is 27.3 Å². The van der Waals surface area contributed by atoms with Crippen molar-refractivity contribution in [3.63, 3.8) is 0 Å². The van der Waals surface area contributed by atoms with Crippen LogP contribution in [0.25, 0.3) is 16.7 Å². The van der Waals surface area contributed by atoms with Gasteiger partial charge in [0.05, 0.1) is 11.1 Å². The number of aromatic nitrogens is 3. The third-order valence-electron chi connectivity index (χ3n) is 4.77. The van der Waals surface area contributed by atoms with E-state index >= 15 is 0 Å². The first kappa shape index (κ1) is 18.7. The lowest BCUT2D eigenvalue weighted by atomic mass is 10.1. The van der Waals surface area contributed by atoms with Gasteiger partial charge in [0.2, 0.25) is 5.91 Å². The van der Waals surface area contributed by atoms with Gasteiger partial charge in [-0.1, -0.05) is 23.8 Å². The van der Waals surface area contributed by atoms with Crippen LogP contribution in [-0.4, -0.2) is 20.3 Å². The van der Waals surface area contributed by atoms with Crippen LogP contribution in [0.1, 0.15) is 16.7 Å². The lowest BCUT2D eigenvalue weighted by Gasteiger charge is -2.13. The first-order chi connectivity index (χ1) is 13.9. The number of hydrogen-bond acceptors (Lipinski definition) is 3. The summed E-state index contributed by atoms with van der Waals surface area (Å²) < 4.78 is 3.14. The van der Waals surface area contributed by atoms with Crippen LogP contribution in [0, 0.1) is 20.8 Å². The molecular formula is C23H22N4O2. The Labute approximate surface area is 168 Å². The second-order valence-corrected chi connectivity index (χ2v) is 7.31. The average molecular weight is 386 g/mol. The lowest BCUT2D eigenvalue weighted by Crippen LogP contribution is -2.27. The molecule has 2 heterocycles. The summed E-state index contributed by atoms with van der Waals surface area (Å²) in [6.45, 7) is 5.93. The van der Waals surface area contributed by atoms with E-state index in [0.717, 1.165) is 22.4 Å². The number of amides is 1. The molecule has 0 unspecified atom stereocenters. The predicted octanol–water partition coefficient (Wildman–Crippen LogP) is 3.75. The van der Waals surface area contributed by atoms with Crippen molar-refractivity contribution in [3.05, 3.63) is 87.8 Å². The number of nitrogens with one attached hydrogen (secondary N) is 1. The molecule has 1 amide bonds. The lowest BCUT2D eigenvalue weighted by molar-refractivity contribution is -0.116. The molecule has 2 aromatic heterocycles. The van der Waals surface area contributed by atoms with Gasteiger partial charge in [0.25, 0.3) is 5.56 Å². The summed E-state index contributed by atoms with van der Waals surface area (Å²) >= 11 is 0. The van der Waals surface area contributed by atoms with Crippen molar-refractivity contribution >= 4 is 22.6 Å². The topological polar surface area (TPSA) is 68.9 Å². The smallest absolute Gasteiger partial charge is 0.280 e. The maximum absolute atomic E-state index is 13.0. The van der Waals surface area contributed by atoms with Crippen LogP contribution in [0.5, 0.6) is 0 Å². The van der Waals surface area contributed by atoms with Crippen molar-refractivity contribution < 1.29 is 4.79 Å². The molecule has 0 aliphatic carbocycles. The van der Waals surface area contributed by atoms with Gasteiger partial charge in [-0.2, -0.15) is 0 Å². The summed E-state index contributed by atoms with van der Waals surface area (Å²) in [5, 5.41) is 3.41. The van der Waals surface area contributed by atoms with Crippen LogP contribution < -0.4 is 10.9 Å². The maximum atomic E-state index is 13.0. The Bertz CT molecular complexity index is 1250. The number of rotatable bonds is 4. The highest BCUT2D eigenvalue weighted by Gasteiger charge is 2.18. The van der Waals surface area contributed by atoms with E-state index in [4.69, 9.17) is 0 Å². The van der Waals surface area contributed by atoms with Gasteiger partial charge in [-0.3, -0.25) is 14.3 Å². The molecule has 6 nitrogen and oxygen atoms in total.